The third-order valence-corrected chi connectivity index (χ3v) is 4.25. The number of carbonyl (C=O) groups excluding carboxylic acids is 2. The third kappa shape index (κ3) is 3.59. The van der Waals surface area contributed by atoms with Gasteiger partial charge in [-0.2, -0.15) is 0 Å². The van der Waals surface area contributed by atoms with Gasteiger partial charge < -0.3 is 14.8 Å². The predicted octanol–water partition coefficient (Wildman–Crippen LogP) is 2.81. The molecule has 0 aromatic heterocycles. The van der Waals surface area contributed by atoms with Crippen LogP contribution in [0.25, 0.3) is 5.57 Å². The molecule has 2 amide bonds. The average Bonchev–Trinajstić information content (AvgIpc) is 2.92. The van der Waals surface area contributed by atoms with E-state index in [4.69, 9.17) is 9.47 Å². The maximum absolute atomic E-state index is 13.6. The molecule has 0 radical (unpaired) electrons. The van der Waals surface area contributed by atoms with Gasteiger partial charge in [-0.05, 0) is 18.2 Å². The minimum Gasteiger partial charge on any atom is -0.496 e. The Morgan fingerprint density at radius 2 is 1.75 bits per heavy atom. The van der Waals surface area contributed by atoms with Gasteiger partial charge in [0.1, 0.15) is 11.4 Å². The van der Waals surface area contributed by atoms with E-state index in [1.807, 2.05) is 0 Å². The van der Waals surface area contributed by atoms with Crippen LogP contribution in [0.15, 0.2) is 48.2 Å². The van der Waals surface area contributed by atoms with Crippen LogP contribution in [0, 0.1) is 11.6 Å². The number of methoxy groups -OCH3 is 2. The molecule has 0 saturated heterocycles. The molecule has 1 aliphatic rings. The Kier molecular flexibility index (Phi) is 5.70. The Labute approximate surface area is 160 Å². The fraction of sp³-hybridized carbons (Fsp3) is 0.200. The van der Waals surface area contributed by atoms with E-state index in [0.29, 0.717) is 11.3 Å². The molecule has 0 unspecified atom stereocenters. The van der Waals surface area contributed by atoms with E-state index in [1.165, 1.54) is 20.3 Å². The second-order valence-corrected chi connectivity index (χ2v) is 5.96. The van der Waals surface area contributed by atoms with Crippen molar-refractivity contribution < 1.29 is 27.8 Å². The number of rotatable bonds is 7. The van der Waals surface area contributed by atoms with Crippen LogP contribution in [0.4, 0.5) is 14.5 Å². The van der Waals surface area contributed by atoms with Gasteiger partial charge in [-0.3, -0.25) is 14.5 Å². The molecule has 28 heavy (non-hydrogen) atoms. The lowest BCUT2D eigenvalue weighted by molar-refractivity contribution is -0.137. The molecule has 8 heteroatoms. The molecule has 1 aliphatic heterocycles. The topological polar surface area (TPSA) is 67.9 Å². The van der Waals surface area contributed by atoms with Crippen LogP contribution >= 0.6 is 0 Å². The summed E-state index contributed by atoms with van der Waals surface area (Å²) in [6.45, 7) is 0.213. The molecule has 0 saturated carbocycles. The van der Waals surface area contributed by atoms with Crippen molar-refractivity contribution in [3.05, 3.63) is 65.4 Å². The largest absolute Gasteiger partial charge is 0.496 e. The van der Waals surface area contributed by atoms with Gasteiger partial charge in [0.05, 0.1) is 25.8 Å². The lowest BCUT2D eigenvalue weighted by Gasteiger charge is -2.14. The molecule has 1 N–H and O–H groups in total. The minimum atomic E-state index is -1.07. The van der Waals surface area contributed by atoms with E-state index in [2.05, 4.69) is 5.32 Å². The van der Waals surface area contributed by atoms with Crippen molar-refractivity contribution in [2.24, 2.45) is 0 Å². The molecule has 146 valence electrons. The number of para-hydroxylation sites is 1. The van der Waals surface area contributed by atoms with Crippen LogP contribution in [0.2, 0.25) is 0 Å². The van der Waals surface area contributed by atoms with Crippen LogP contribution < -0.4 is 10.1 Å². The minimum absolute atomic E-state index is 0.0448. The van der Waals surface area contributed by atoms with Crippen molar-refractivity contribution in [2.45, 2.75) is 0 Å². The van der Waals surface area contributed by atoms with Crippen molar-refractivity contribution in [3.63, 3.8) is 0 Å². The van der Waals surface area contributed by atoms with Crippen molar-refractivity contribution in [3.8, 4) is 5.75 Å². The number of halogens is 2. The average molecular weight is 388 g/mol. The zero-order chi connectivity index (χ0) is 20.3. The Balaban J connectivity index is 2.09. The normalized spacial score (nSPS) is 14.1. The second kappa shape index (κ2) is 8.18. The summed E-state index contributed by atoms with van der Waals surface area (Å²) in [4.78, 5) is 26.9. The van der Waals surface area contributed by atoms with Crippen molar-refractivity contribution >= 4 is 23.1 Å². The summed E-state index contributed by atoms with van der Waals surface area (Å²) < 4.78 is 37.1. The smallest absolute Gasteiger partial charge is 0.278 e. The van der Waals surface area contributed by atoms with Gasteiger partial charge in [0.25, 0.3) is 11.8 Å². The Morgan fingerprint density at radius 1 is 1.00 bits per heavy atom. The molecule has 3 rings (SSSR count). The van der Waals surface area contributed by atoms with Crippen LogP contribution in [-0.4, -0.2) is 44.1 Å². The number of nitrogens with zero attached hydrogens (tertiary/aromatic N) is 1. The highest BCUT2D eigenvalue weighted by Crippen LogP contribution is 2.35. The van der Waals surface area contributed by atoms with Gasteiger partial charge in [0.2, 0.25) is 0 Å². The lowest BCUT2D eigenvalue weighted by atomic mass is 10.0. The fourth-order valence-electron chi connectivity index (χ4n) is 2.90. The Morgan fingerprint density at radius 3 is 2.43 bits per heavy atom. The number of anilines is 1. The van der Waals surface area contributed by atoms with Crippen LogP contribution in [0.1, 0.15) is 5.56 Å². The number of hydrogen-bond donors (Lipinski definition) is 1. The van der Waals surface area contributed by atoms with E-state index in [1.54, 1.807) is 24.3 Å². The summed E-state index contributed by atoms with van der Waals surface area (Å²) in [6.07, 6.45) is 0. The zero-order valence-corrected chi connectivity index (χ0v) is 15.3. The number of hydrogen-bond acceptors (Lipinski definition) is 5. The molecule has 0 spiro atoms. The molecule has 2 aromatic rings. The predicted molar refractivity (Wildman–Crippen MR) is 98.5 cm³/mol. The first kappa shape index (κ1) is 19.5. The number of imide groups is 1. The fourth-order valence-corrected chi connectivity index (χ4v) is 2.90. The van der Waals surface area contributed by atoms with Gasteiger partial charge in [-0.1, -0.05) is 18.2 Å². The SMILES string of the molecule is COCCN1C(=O)C(Nc2ccc(F)c(F)c2)=C(c2ccccc2OC)C1=O. The van der Waals surface area contributed by atoms with Crippen molar-refractivity contribution in [1.29, 1.82) is 0 Å². The van der Waals surface area contributed by atoms with Gasteiger partial charge in [0.15, 0.2) is 11.6 Å². The third-order valence-electron chi connectivity index (χ3n) is 4.25. The molecule has 0 bridgehead atoms. The highest BCUT2D eigenvalue weighted by Gasteiger charge is 2.40. The molecule has 6 nitrogen and oxygen atoms in total. The molecule has 0 fully saturated rings. The second-order valence-electron chi connectivity index (χ2n) is 5.96. The summed E-state index contributed by atoms with van der Waals surface area (Å²) in [5.74, 6) is -2.81. The molecule has 2 aromatic carbocycles. The first-order valence-corrected chi connectivity index (χ1v) is 8.42. The van der Waals surface area contributed by atoms with E-state index in [-0.39, 0.29) is 30.1 Å². The molecular weight excluding hydrogens is 370 g/mol. The van der Waals surface area contributed by atoms with Gasteiger partial charge in [-0.15, -0.1) is 0 Å². The Bertz CT molecular complexity index is 959. The van der Waals surface area contributed by atoms with E-state index in [0.717, 1.165) is 17.0 Å². The summed E-state index contributed by atoms with van der Waals surface area (Å²) >= 11 is 0. The molecule has 1 heterocycles. The number of amides is 2. The highest BCUT2D eigenvalue weighted by molar-refractivity contribution is 6.37. The monoisotopic (exact) mass is 388 g/mol. The molecular formula is C20H18F2N2O4. The zero-order valence-electron chi connectivity index (χ0n) is 15.3. The van der Waals surface area contributed by atoms with Crippen LogP contribution in [-0.2, 0) is 14.3 Å². The molecule has 0 aliphatic carbocycles. The number of nitrogens with one attached hydrogen (secondary N) is 1. The first-order chi connectivity index (χ1) is 13.5. The van der Waals surface area contributed by atoms with Crippen LogP contribution in [0.3, 0.4) is 0 Å². The highest BCUT2D eigenvalue weighted by atomic mass is 19.2. The maximum Gasteiger partial charge on any atom is 0.278 e. The van der Waals surface area contributed by atoms with E-state index < -0.39 is 23.4 Å². The molecule has 0 atom stereocenters. The van der Waals surface area contributed by atoms with E-state index in [9.17, 15) is 18.4 Å². The summed E-state index contributed by atoms with van der Waals surface area (Å²) in [6, 6.07) is 9.87. The van der Waals surface area contributed by atoms with Gasteiger partial charge >= 0.3 is 0 Å². The summed E-state index contributed by atoms with van der Waals surface area (Å²) in [5, 5.41) is 2.76. The van der Waals surface area contributed by atoms with Crippen molar-refractivity contribution in [1.82, 2.24) is 4.90 Å². The number of carbonyl (C=O) groups is 2. The van der Waals surface area contributed by atoms with Gasteiger partial charge in [0, 0.05) is 24.4 Å². The maximum atomic E-state index is 13.6. The lowest BCUT2D eigenvalue weighted by Crippen LogP contribution is -2.35. The summed E-state index contributed by atoms with van der Waals surface area (Å²) in [7, 11) is 2.91. The standard InChI is InChI=1S/C20H18F2N2O4/c1-27-10-9-24-19(25)17(13-5-3-4-6-16(13)28-2)18(20(24)26)23-12-7-8-14(21)15(22)11-12/h3-8,11,23H,9-10H2,1-2H3. The Hall–Kier alpha value is -3.26. The first-order valence-electron chi connectivity index (χ1n) is 8.42. The van der Waals surface area contributed by atoms with Crippen molar-refractivity contribution in [2.75, 3.05) is 32.7 Å². The van der Waals surface area contributed by atoms with E-state index >= 15 is 0 Å². The van der Waals surface area contributed by atoms with Gasteiger partial charge in [-0.25, -0.2) is 8.78 Å². The summed E-state index contributed by atoms with van der Waals surface area (Å²) in [5.41, 5.74) is 0.587. The quantitative estimate of drug-likeness (QED) is 0.739. The number of benzene rings is 2. The van der Waals surface area contributed by atoms with Crippen LogP contribution in [0.5, 0.6) is 5.75 Å². The number of ether oxygens (including phenoxy) is 2.